The summed E-state index contributed by atoms with van der Waals surface area (Å²) in [6, 6.07) is 0. The van der Waals surface area contributed by atoms with Crippen LogP contribution >= 0.6 is 63.7 Å². The molecule has 2 rings (SSSR count). The lowest BCUT2D eigenvalue weighted by Gasteiger charge is -2.08. The van der Waals surface area contributed by atoms with E-state index in [4.69, 9.17) is 0 Å². The highest BCUT2D eigenvalue weighted by molar-refractivity contribution is 9.15. The predicted octanol–water partition coefficient (Wildman–Crippen LogP) is 2.75. The molecule has 0 amide bonds. The highest BCUT2D eigenvalue weighted by atomic mass is 79.9. The van der Waals surface area contributed by atoms with Gasteiger partial charge >= 0.3 is 5.69 Å². The molecule has 98 valence electrons. The lowest BCUT2D eigenvalue weighted by Crippen LogP contribution is -2.24. The summed E-state index contributed by atoms with van der Waals surface area (Å²) in [4.78, 5) is 12.0. The number of imidazole rings is 1. The molecule has 0 atom stereocenters. The van der Waals surface area contributed by atoms with Crippen molar-refractivity contribution < 1.29 is 10.2 Å². The van der Waals surface area contributed by atoms with Gasteiger partial charge in [0.25, 0.3) is 0 Å². The Bertz CT molecular complexity index is 636. The van der Waals surface area contributed by atoms with E-state index in [-0.39, 0.29) is 0 Å². The van der Waals surface area contributed by atoms with Gasteiger partial charge < -0.3 is 10.2 Å². The molecule has 9 heteroatoms. The minimum Gasteiger partial charge on any atom is -0.376 e. The van der Waals surface area contributed by atoms with E-state index in [9.17, 15) is 15.0 Å². The molecular formula is C9H6Br4N2O3. The van der Waals surface area contributed by atoms with Crippen LogP contribution in [-0.4, -0.2) is 19.3 Å². The van der Waals surface area contributed by atoms with Crippen molar-refractivity contribution in [3.8, 4) is 0 Å². The summed E-state index contributed by atoms with van der Waals surface area (Å²) in [6.07, 6.45) is 0. The van der Waals surface area contributed by atoms with Crippen molar-refractivity contribution in [1.29, 1.82) is 0 Å². The Morgan fingerprint density at radius 3 is 1.39 bits per heavy atom. The number of benzene rings is 1. The van der Waals surface area contributed by atoms with Gasteiger partial charge in [0, 0.05) is 8.95 Å². The third-order valence-corrected chi connectivity index (χ3v) is 7.23. The third-order valence-electron chi connectivity index (χ3n) is 2.50. The average molecular weight is 510 g/mol. The molecule has 0 aliphatic rings. The zero-order chi connectivity index (χ0) is 13.6. The monoisotopic (exact) mass is 506 g/mol. The van der Waals surface area contributed by atoms with Gasteiger partial charge in [-0.1, -0.05) is 0 Å². The summed E-state index contributed by atoms with van der Waals surface area (Å²) >= 11 is 13.5. The Labute approximate surface area is 135 Å². The molecule has 1 aromatic heterocycles. The number of rotatable bonds is 2. The molecule has 0 bridgehead atoms. The van der Waals surface area contributed by atoms with Crippen LogP contribution in [0.3, 0.4) is 0 Å². The van der Waals surface area contributed by atoms with Crippen LogP contribution in [0.25, 0.3) is 11.0 Å². The first-order valence-electron chi connectivity index (χ1n) is 4.62. The van der Waals surface area contributed by atoms with Crippen LogP contribution in [0.5, 0.6) is 0 Å². The predicted molar refractivity (Wildman–Crippen MR) is 81.4 cm³/mol. The molecule has 0 saturated heterocycles. The summed E-state index contributed by atoms with van der Waals surface area (Å²) in [6.45, 7) is -0.942. The Hall–Kier alpha value is 0.330. The smallest absolute Gasteiger partial charge is 0.332 e. The normalized spacial score (nSPS) is 11.4. The zero-order valence-corrected chi connectivity index (χ0v) is 15.0. The van der Waals surface area contributed by atoms with E-state index in [2.05, 4.69) is 63.7 Å². The Kier molecular flexibility index (Phi) is 4.40. The first-order valence-corrected chi connectivity index (χ1v) is 7.79. The first kappa shape index (κ1) is 14.7. The maximum Gasteiger partial charge on any atom is 0.332 e. The molecule has 18 heavy (non-hydrogen) atoms. The van der Waals surface area contributed by atoms with Gasteiger partial charge in [0.05, 0.1) is 20.0 Å². The molecular weight excluding hydrogens is 504 g/mol. The van der Waals surface area contributed by atoms with E-state index < -0.39 is 19.2 Å². The largest absolute Gasteiger partial charge is 0.376 e. The molecule has 1 aromatic carbocycles. The van der Waals surface area contributed by atoms with Gasteiger partial charge in [-0.3, -0.25) is 9.13 Å². The average Bonchev–Trinajstić information content (AvgIpc) is 2.65. The summed E-state index contributed by atoms with van der Waals surface area (Å²) in [5.41, 5.74) is 0.512. The second-order valence-corrected chi connectivity index (χ2v) is 6.55. The Balaban J connectivity index is 3.15. The van der Waals surface area contributed by atoms with Crippen molar-refractivity contribution in [1.82, 2.24) is 9.13 Å². The van der Waals surface area contributed by atoms with Gasteiger partial charge in [-0.25, -0.2) is 4.79 Å². The zero-order valence-electron chi connectivity index (χ0n) is 8.62. The second-order valence-electron chi connectivity index (χ2n) is 3.37. The second kappa shape index (κ2) is 5.37. The molecule has 0 unspecified atom stereocenters. The lowest BCUT2D eigenvalue weighted by molar-refractivity contribution is 0.191. The molecule has 0 spiro atoms. The fraction of sp³-hybridized carbons (Fsp3) is 0.222. The number of fused-ring (bicyclic) bond motifs is 1. The van der Waals surface area contributed by atoms with Crippen molar-refractivity contribution >= 4 is 74.8 Å². The summed E-state index contributed by atoms with van der Waals surface area (Å²) in [5, 5.41) is 18.6. The van der Waals surface area contributed by atoms with Crippen LogP contribution in [0.15, 0.2) is 22.7 Å². The topological polar surface area (TPSA) is 67.4 Å². The van der Waals surface area contributed by atoms with E-state index >= 15 is 0 Å². The van der Waals surface area contributed by atoms with E-state index in [1.807, 2.05) is 0 Å². The van der Waals surface area contributed by atoms with Crippen molar-refractivity contribution in [3.05, 3.63) is 28.4 Å². The van der Waals surface area contributed by atoms with E-state index in [0.29, 0.717) is 28.9 Å². The highest BCUT2D eigenvalue weighted by Gasteiger charge is 2.22. The van der Waals surface area contributed by atoms with Crippen molar-refractivity contribution in [2.75, 3.05) is 0 Å². The maximum atomic E-state index is 12.0. The minimum atomic E-state index is -0.485. The quantitative estimate of drug-likeness (QED) is 0.483. The highest BCUT2D eigenvalue weighted by Crippen LogP contribution is 2.43. The van der Waals surface area contributed by atoms with Crippen LogP contribution in [-0.2, 0) is 13.5 Å². The first-order chi connectivity index (χ1) is 8.45. The van der Waals surface area contributed by atoms with E-state index in [0.717, 1.165) is 9.13 Å². The van der Waals surface area contributed by atoms with Crippen LogP contribution in [0.2, 0.25) is 0 Å². The van der Waals surface area contributed by atoms with Crippen molar-refractivity contribution in [2.24, 2.45) is 0 Å². The van der Waals surface area contributed by atoms with E-state index in [1.165, 1.54) is 0 Å². The van der Waals surface area contributed by atoms with Crippen LogP contribution in [0, 0.1) is 0 Å². The Morgan fingerprint density at radius 2 is 1.11 bits per heavy atom. The maximum absolute atomic E-state index is 12.0. The molecule has 1 heterocycles. The Morgan fingerprint density at radius 1 is 0.778 bits per heavy atom. The number of aliphatic hydroxyl groups excluding tert-OH is 2. The standard InChI is InChI=1S/C9H6Br4N2O3/c10-3-4(11)6(13)8-7(5(3)12)14(1-16)9(18)15(8)2-17/h16-17H,1-2H2. The van der Waals surface area contributed by atoms with Crippen LogP contribution < -0.4 is 5.69 Å². The van der Waals surface area contributed by atoms with Gasteiger partial charge in [-0.05, 0) is 63.7 Å². The molecule has 2 aromatic rings. The number of hydrogen-bond donors (Lipinski definition) is 2. The number of aliphatic hydroxyl groups is 2. The lowest BCUT2D eigenvalue weighted by atomic mass is 10.3. The van der Waals surface area contributed by atoms with Crippen LogP contribution in [0.1, 0.15) is 0 Å². The minimum absolute atomic E-state index is 0.471. The van der Waals surface area contributed by atoms with Gasteiger partial charge in [0.2, 0.25) is 0 Å². The third kappa shape index (κ3) is 1.95. The molecule has 0 aliphatic heterocycles. The number of nitrogens with zero attached hydrogens (tertiary/aromatic N) is 2. The molecule has 0 aliphatic carbocycles. The van der Waals surface area contributed by atoms with Gasteiger partial charge in [0.1, 0.15) is 13.5 Å². The SMILES string of the molecule is O=c1n(CO)c2c(Br)c(Br)c(Br)c(Br)c2n1CO. The van der Waals surface area contributed by atoms with Crippen molar-refractivity contribution in [3.63, 3.8) is 0 Å². The number of hydrogen-bond acceptors (Lipinski definition) is 3. The molecule has 0 fully saturated rings. The summed E-state index contributed by atoms with van der Waals surface area (Å²) in [7, 11) is 0. The molecule has 0 radical (unpaired) electrons. The van der Waals surface area contributed by atoms with Gasteiger partial charge in [0.15, 0.2) is 0 Å². The fourth-order valence-electron chi connectivity index (χ4n) is 1.70. The van der Waals surface area contributed by atoms with Crippen LogP contribution in [0.4, 0.5) is 0 Å². The van der Waals surface area contributed by atoms with E-state index in [1.54, 1.807) is 0 Å². The van der Waals surface area contributed by atoms with Crippen molar-refractivity contribution in [2.45, 2.75) is 13.5 Å². The van der Waals surface area contributed by atoms with Gasteiger partial charge in [-0.15, -0.1) is 0 Å². The molecule has 5 nitrogen and oxygen atoms in total. The molecule has 2 N–H and O–H groups in total. The summed E-state index contributed by atoms with van der Waals surface area (Å²) in [5.74, 6) is 0. The number of aromatic nitrogens is 2. The molecule has 0 saturated carbocycles. The van der Waals surface area contributed by atoms with Gasteiger partial charge in [-0.2, -0.15) is 0 Å². The number of halogens is 4. The summed E-state index contributed by atoms with van der Waals surface area (Å²) < 4.78 is 4.98. The fourth-order valence-corrected chi connectivity index (χ4v) is 4.20.